The van der Waals surface area contributed by atoms with Crippen molar-refractivity contribution in [1.82, 2.24) is 9.78 Å². The fourth-order valence-corrected chi connectivity index (χ4v) is 1.16. The monoisotopic (exact) mass is 190 g/mol. The summed E-state index contributed by atoms with van der Waals surface area (Å²) in [6, 6.07) is 0. The first kappa shape index (κ1) is 10.4. The first-order chi connectivity index (χ1) is 6.50. The third-order valence-electron chi connectivity index (χ3n) is 1.80. The maximum Gasteiger partial charge on any atom is 0.0687 e. The summed E-state index contributed by atoms with van der Waals surface area (Å²) < 4.78 is 1.68. The van der Waals surface area contributed by atoms with Crippen molar-refractivity contribution in [1.29, 1.82) is 10.8 Å². The zero-order valence-corrected chi connectivity index (χ0v) is 8.63. The van der Waals surface area contributed by atoms with E-state index in [0.29, 0.717) is 11.4 Å². The van der Waals surface area contributed by atoms with Crippen molar-refractivity contribution in [3.63, 3.8) is 0 Å². The molecule has 2 N–H and O–H groups in total. The number of hydrogen-bond donors (Lipinski definition) is 2. The number of aromatic nitrogens is 2. The Morgan fingerprint density at radius 2 is 2.07 bits per heavy atom. The third-order valence-corrected chi connectivity index (χ3v) is 1.80. The van der Waals surface area contributed by atoms with Crippen LogP contribution in [0.3, 0.4) is 0 Å². The molecule has 14 heavy (non-hydrogen) atoms. The Hall–Kier alpha value is -1.71. The number of nitrogens with zero attached hydrogens (tertiary/aromatic N) is 2. The highest BCUT2D eigenvalue weighted by atomic mass is 15.2. The summed E-state index contributed by atoms with van der Waals surface area (Å²) >= 11 is 0. The molecular formula is C10H14N4. The highest BCUT2D eigenvalue weighted by Gasteiger charge is 2.05. The van der Waals surface area contributed by atoms with E-state index >= 15 is 0 Å². The summed E-state index contributed by atoms with van der Waals surface area (Å²) in [5.74, 6) is 0. The minimum atomic E-state index is 0.391. The van der Waals surface area contributed by atoms with Gasteiger partial charge in [0.1, 0.15) is 0 Å². The number of aryl methyl sites for hydroxylation is 2. The summed E-state index contributed by atoms with van der Waals surface area (Å²) in [5, 5.41) is 19.1. The molecule has 0 aliphatic heterocycles. The number of allylic oxidation sites excluding steroid dienone is 2. The van der Waals surface area contributed by atoms with Crippen LogP contribution in [0.5, 0.6) is 0 Å². The van der Waals surface area contributed by atoms with Gasteiger partial charge in [-0.15, -0.1) is 0 Å². The molecule has 0 unspecified atom stereocenters. The quantitative estimate of drug-likeness (QED) is 0.700. The lowest BCUT2D eigenvalue weighted by Gasteiger charge is -1.93. The average Bonchev–Trinajstić information content (AvgIpc) is 2.41. The topological polar surface area (TPSA) is 65.5 Å². The van der Waals surface area contributed by atoms with Gasteiger partial charge in [0.05, 0.1) is 11.4 Å². The van der Waals surface area contributed by atoms with Gasteiger partial charge in [-0.05, 0) is 26.0 Å². The van der Waals surface area contributed by atoms with E-state index in [2.05, 4.69) is 5.10 Å². The highest BCUT2D eigenvalue weighted by Crippen LogP contribution is 2.06. The lowest BCUT2D eigenvalue weighted by molar-refractivity contribution is 0.756. The SMILES string of the molecule is CC(=N)/C=C\C(=N)c1cn(C)nc1C. The van der Waals surface area contributed by atoms with E-state index in [1.54, 1.807) is 30.0 Å². The lowest BCUT2D eigenvalue weighted by Crippen LogP contribution is -1.96. The minimum absolute atomic E-state index is 0.391. The molecule has 0 saturated carbocycles. The third kappa shape index (κ3) is 2.39. The van der Waals surface area contributed by atoms with E-state index in [1.165, 1.54) is 0 Å². The molecule has 0 amide bonds. The van der Waals surface area contributed by atoms with Crippen LogP contribution in [0.1, 0.15) is 18.2 Å². The van der Waals surface area contributed by atoms with Crippen LogP contribution in [-0.4, -0.2) is 21.2 Å². The number of rotatable bonds is 3. The molecule has 0 aliphatic carbocycles. The zero-order chi connectivity index (χ0) is 10.7. The molecule has 0 aromatic carbocycles. The van der Waals surface area contributed by atoms with Gasteiger partial charge in [0, 0.05) is 24.5 Å². The molecule has 0 fully saturated rings. The molecule has 4 nitrogen and oxygen atoms in total. The molecule has 0 spiro atoms. The second kappa shape index (κ2) is 4.00. The first-order valence-corrected chi connectivity index (χ1v) is 4.33. The maximum atomic E-state index is 7.74. The smallest absolute Gasteiger partial charge is 0.0687 e. The van der Waals surface area contributed by atoms with Gasteiger partial charge in [-0.25, -0.2) is 0 Å². The Labute approximate surface area is 83.3 Å². The van der Waals surface area contributed by atoms with Gasteiger partial charge in [-0.1, -0.05) is 0 Å². The lowest BCUT2D eigenvalue weighted by atomic mass is 10.1. The largest absolute Gasteiger partial charge is 0.306 e. The summed E-state index contributed by atoms with van der Waals surface area (Å²) in [6.45, 7) is 3.55. The van der Waals surface area contributed by atoms with Crippen LogP contribution in [0.2, 0.25) is 0 Å². The van der Waals surface area contributed by atoms with Gasteiger partial charge in [0.15, 0.2) is 0 Å². The van der Waals surface area contributed by atoms with Gasteiger partial charge in [-0.2, -0.15) is 5.10 Å². The summed E-state index contributed by atoms with van der Waals surface area (Å²) in [4.78, 5) is 0. The van der Waals surface area contributed by atoms with Gasteiger partial charge in [-0.3, -0.25) is 4.68 Å². The van der Waals surface area contributed by atoms with Crippen LogP contribution < -0.4 is 0 Å². The van der Waals surface area contributed by atoms with Crippen molar-refractivity contribution in [3.05, 3.63) is 29.6 Å². The van der Waals surface area contributed by atoms with Crippen LogP contribution in [0, 0.1) is 17.7 Å². The van der Waals surface area contributed by atoms with Crippen molar-refractivity contribution in [2.45, 2.75) is 13.8 Å². The minimum Gasteiger partial charge on any atom is -0.306 e. The van der Waals surface area contributed by atoms with Crippen LogP contribution in [-0.2, 0) is 7.05 Å². The molecule has 0 saturated heterocycles. The fourth-order valence-electron chi connectivity index (χ4n) is 1.16. The van der Waals surface area contributed by atoms with Crippen LogP contribution in [0.15, 0.2) is 18.3 Å². The van der Waals surface area contributed by atoms with Crippen LogP contribution >= 0.6 is 0 Å². The Bertz CT molecular complexity index is 398. The predicted octanol–water partition coefficient (Wildman–Crippen LogP) is 1.69. The molecule has 0 radical (unpaired) electrons. The van der Waals surface area contributed by atoms with Crippen LogP contribution in [0.25, 0.3) is 0 Å². The van der Waals surface area contributed by atoms with E-state index in [1.807, 2.05) is 14.0 Å². The molecule has 1 aromatic heterocycles. The Balaban J connectivity index is 2.90. The van der Waals surface area contributed by atoms with Gasteiger partial charge < -0.3 is 10.8 Å². The molecule has 1 rings (SSSR count). The average molecular weight is 190 g/mol. The molecule has 0 atom stereocenters. The molecular weight excluding hydrogens is 176 g/mol. The van der Waals surface area contributed by atoms with E-state index in [-0.39, 0.29) is 0 Å². The van der Waals surface area contributed by atoms with Gasteiger partial charge in [0.2, 0.25) is 0 Å². The summed E-state index contributed by atoms with van der Waals surface area (Å²) in [5.41, 5.74) is 2.48. The van der Waals surface area contributed by atoms with E-state index in [0.717, 1.165) is 11.3 Å². The predicted molar refractivity (Wildman–Crippen MR) is 57.3 cm³/mol. The Morgan fingerprint density at radius 1 is 1.43 bits per heavy atom. The van der Waals surface area contributed by atoms with Crippen molar-refractivity contribution < 1.29 is 0 Å². The molecule has 0 aliphatic rings. The molecule has 1 heterocycles. The standard InChI is InChI=1S/C10H14N4/c1-7(11)4-5-10(12)9-6-14(3)13-8(9)2/h4-6,11-12H,1-3H3/b5-4-,11-7?,12-10?. The fraction of sp³-hybridized carbons (Fsp3) is 0.300. The molecule has 74 valence electrons. The Morgan fingerprint density at radius 3 is 2.50 bits per heavy atom. The summed E-state index contributed by atoms with van der Waals surface area (Å²) in [6.07, 6.45) is 5.03. The van der Waals surface area contributed by atoms with Crippen molar-refractivity contribution in [2.24, 2.45) is 7.05 Å². The highest BCUT2D eigenvalue weighted by molar-refractivity contribution is 6.10. The van der Waals surface area contributed by atoms with Crippen molar-refractivity contribution in [2.75, 3.05) is 0 Å². The second-order valence-corrected chi connectivity index (χ2v) is 3.23. The molecule has 1 aromatic rings. The second-order valence-electron chi connectivity index (χ2n) is 3.23. The van der Waals surface area contributed by atoms with Gasteiger partial charge >= 0.3 is 0 Å². The van der Waals surface area contributed by atoms with Crippen LogP contribution in [0.4, 0.5) is 0 Å². The summed E-state index contributed by atoms with van der Waals surface area (Å²) in [7, 11) is 1.83. The molecule has 0 bridgehead atoms. The van der Waals surface area contributed by atoms with E-state index < -0.39 is 0 Å². The van der Waals surface area contributed by atoms with Crippen molar-refractivity contribution >= 4 is 11.4 Å². The first-order valence-electron chi connectivity index (χ1n) is 4.33. The van der Waals surface area contributed by atoms with Crippen molar-refractivity contribution in [3.8, 4) is 0 Å². The van der Waals surface area contributed by atoms with Gasteiger partial charge in [0.25, 0.3) is 0 Å². The Kier molecular flexibility index (Phi) is 2.96. The maximum absolute atomic E-state index is 7.74. The zero-order valence-electron chi connectivity index (χ0n) is 8.63. The van der Waals surface area contributed by atoms with E-state index in [4.69, 9.17) is 10.8 Å². The van der Waals surface area contributed by atoms with E-state index in [9.17, 15) is 0 Å². The number of hydrogen-bond acceptors (Lipinski definition) is 3. The number of nitrogens with one attached hydrogen (secondary N) is 2. The molecule has 4 heteroatoms. The normalized spacial score (nSPS) is 10.8.